The number of rotatable bonds is 7. The van der Waals surface area contributed by atoms with Crippen LogP contribution in [0.3, 0.4) is 0 Å². The van der Waals surface area contributed by atoms with Gasteiger partial charge in [-0.1, -0.05) is 6.07 Å². The highest BCUT2D eigenvalue weighted by molar-refractivity contribution is 7.92. The van der Waals surface area contributed by atoms with Crippen LogP contribution in [0.2, 0.25) is 0 Å². The number of halogens is 2. The van der Waals surface area contributed by atoms with Crippen LogP contribution in [0.1, 0.15) is 10.4 Å². The summed E-state index contributed by atoms with van der Waals surface area (Å²) >= 11 is 0. The Morgan fingerprint density at radius 3 is 2.31 bits per heavy atom. The van der Waals surface area contributed by atoms with E-state index >= 15 is 0 Å². The summed E-state index contributed by atoms with van der Waals surface area (Å²) in [6.07, 6.45) is 0.976. The van der Waals surface area contributed by atoms with Crippen LogP contribution in [0.4, 0.5) is 20.2 Å². The second-order valence-electron chi connectivity index (χ2n) is 10.1. The molecule has 0 spiro atoms. The molecule has 6 aromatic rings. The lowest BCUT2D eigenvalue weighted by Crippen LogP contribution is -2.26. The number of carbonyl (C=O) groups is 1. The van der Waals surface area contributed by atoms with E-state index in [1.807, 2.05) is 0 Å². The van der Waals surface area contributed by atoms with Crippen molar-refractivity contribution in [2.45, 2.75) is 0 Å². The molecule has 11 nitrogen and oxygen atoms in total. The van der Waals surface area contributed by atoms with Crippen LogP contribution >= 0.6 is 0 Å². The molecule has 0 atom stereocenters. The minimum Gasteiger partial charge on any atom is -0.455 e. The predicted octanol–water partition coefficient (Wildman–Crippen LogP) is 6.52. The number of carbonyl (C=O) groups excluding carboxylic acids is 1. The molecule has 0 radical (unpaired) electrons. The van der Waals surface area contributed by atoms with Crippen LogP contribution < -0.4 is 9.62 Å². The summed E-state index contributed by atoms with van der Waals surface area (Å²) in [4.78, 5) is 28.9. The van der Waals surface area contributed by atoms with E-state index < -0.39 is 38.2 Å². The van der Waals surface area contributed by atoms with Gasteiger partial charge in [-0.15, -0.1) is 0 Å². The highest BCUT2D eigenvalue weighted by Gasteiger charge is 2.30. The molecule has 0 aliphatic heterocycles. The van der Waals surface area contributed by atoms with Crippen LogP contribution in [0, 0.1) is 21.7 Å². The first-order chi connectivity index (χ1) is 21.4. The Bertz CT molecular complexity index is 2280. The fraction of sp³-hybridized carbons (Fsp3) is 0.0968. The number of para-hydroxylation sites is 1. The normalized spacial score (nSPS) is 11.7. The maximum Gasteiger partial charge on any atom is 0.282 e. The van der Waals surface area contributed by atoms with E-state index in [9.17, 15) is 32.1 Å². The van der Waals surface area contributed by atoms with Gasteiger partial charge >= 0.3 is 0 Å². The number of aromatic nitrogens is 1. The molecule has 4 aromatic carbocycles. The highest BCUT2D eigenvalue weighted by Crippen LogP contribution is 2.46. The summed E-state index contributed by atoms with van der Waals surface area (Å²) in [7, 11) is -1.28. The van der Waals surface area contributed by atoms with E-state index in [0.717, 1.165) is 10.6 Å². The van der Waals surface area contributed by atoms with E-state index in [0.29, 0.717) is 5.56 Å². The summed E-state index contributed by atoms with van der Waals surface area (Å²) < 4.78 is 66.9. The molecule has 1 N–H and O–H groups in total. The van der Waals surface area contributed by atoms with Gasteiger partial charge in [-0.05, 0) is 66.2 Å². The maximum atomic E-state index is 14.4. The topological polar surface area (TPSA) is 149 Å². The van der Waals surface area contributed by atoms with E-state index in [2.05, 4.69) is 10.3 Å². The van der Waals surface area contributed by atoms with Crippen LogP contribution in [0.25, 0.3) is 56.0 Å². The Morgan fingerprint density at radius 1 is 0.956 bits per heavy atom. The van der Waals surface area contributed by atoms with Gasteiger partial charge in [0.2, 0.25) is 15.9 Å². The molecular formula is C31H22F2N4O7S. The first kappa shape index (κ1) is 29.4. The molecule has 0 bridgehead atoms. The highest BCUT2D eigenvalue weighted by atomic mass is 32.2. The van der Waals surface area contributed by atoms with Crippen molar-refractivity contribution in [1.29, 1.82) is 0 Å². The average molecular weight is 633 g/mol. The molecule has 14 heteroatoms. The Balaban J connectivity index is 1.68. The van der Waals surface area contributed by atoms with Gasteiger partial charge in [0, 0.05) is 31.3 Å². The number of sulfonamides is 1. The molecule has 0 saturated heterocycles. The van der Waals surface area contributed by atoms with Gasteiger partial charge in [-0.3, -0.25) is 19.2 Å². The summed E-state index contributed by atoms with van der Waals surface area (Å²) in [6.45, 7) is 0. The molecule has 2 heterocycles. The van der Waals surface area contributed by atoms with Crippen LogP contribution in [0.15, 0.2) is 81.6 Å². The number of nitro groups is 1. The number of hydrogen-bond donors (Lipinski definition) is 1. The Hall–Kier alpha value is -5.63. The number of hydrogen-bond acceptors (Lipinski definition) is 8. The molecule has 0 unspecified atom stereocenters. The number of oxazole rings is 1. The zero-order valence-corrected chi connectivity index (χ0v) is 24.6. The minimum absolute atomic E-state index is 0.0111. The fourth-order valence-corrected chi connectivity index (χ4v) is 5.63. The molecular weight excluding hydrogens is 610 g/mol. The second-order valence-corrected chi connectivity index (χ2v) is 12.1. The van der Waals surface area contributed by atoms with E-state index in [-0.39, 0.29) is 61.7 Å². The molecule has 228 valence electrons. The second kappa shape index (κ2) is 10.8. The van der Waals surface area contributed by atoms with Crippen molar-refractivity contribution in [2.75, 3.05) is 24.7 Å². The lowest BCUT2D eigenvalue weighted by atomic mass is 9.96. The first-order valence-electron chi connectivity index (χ1n) is 13.2. The Labute approximate surface area is 253 Å². The molecule has 45 heavy (non-hydrogen) atoms. The predicted molar refractivity (Wildman–Crippen MR) is 163 cm³/mol. The van der Waals surface area contributed by atoms with Crippen molar-refractivity contribution in [3.8, 4) is 33.9 Å². The minimum atomic E-state index is -3.96. The molecule has 6 rings (SSSR count). The molecule has 2 aromatic heterocycles. The van der Waals surface area contributed by atoms with Crippen molar-refractivity contribution in [2.24, 2.45) is 0 Å². The average Bonchev–Trinajstić information content (AvgIpc) is 3.62. The van der Waals surface area contributed by atoms with Crippen molar-refractivity contribution < 1.29 is 35.8 Å². The number of benzene rings is 4. The van der Waals surface area contributed by atoms with Crippen molar-refractivity contribution >= 4 is 49.4 Å². The lowest BCUT2D eigenvalue weighted by molar-refractivity contribution is -0.384. The zero-order chi connectivity index (χ0) is 32.2. The Morgan fingerprint density at radius 2 is 1.67 bits per heavy atom. The summed E-state index contributed by atoms with van der Waals surface area (Å²) in [5.41, 5.74) is 0.559. The monoisotopic (exact) mass is 632 g/mol. The fourth-order valence-electron chi connectivity index (χ4n) is 5.11. The van der Waals surface area contributed by atoms with Crippen molar-refractivity contribution in [3.05, 3.63) is 100 Å². The zero-order valence-electron chi connectivity index (χ0n) is 23.8. The third-order valence-corrected chi connectivity index (χ3v) is 8.48. The number of anilines is 1. The number of nitrogens with zero attached hydrogens (tertiary/aromatic N) is 3. The number of fused-ring (bicyclic) bond motifs is 2. The Kier molecular flexibility index (Phi) is 7.08. The molecule has 0 aliphatic carbocycles. The number of amides is 1. The van der Waals surface area contributed by atoms with Gasteiger partial charge in [0.15, 0.2) is 11.4 Å². The van der Waals surface area contributed by atoms with E-state index in [4.69, 9.17) is 8.83 Å². The third kappa shape index (κ3) is 5.04. The number of nitrogens with one attached hydrogen (secondary N) is 1. The van der Waals surface area contributed by atoms with Crippen LogP contribution in [-0.2, 0) is 10.0 Å². The quantitative estimate of drug-likeness (QED) is 0.155. The van der Waals surface area contributed by atoms with Crippen molar-refractivity contribution in [3.63, 3.8) is 0 Å². The van der Waals surface area contributed by atoms with Gasteiger partial charge < -0.3 is 14.2 Å². The largest absolute Gasteiger partial charge is 0.455 e. The molecule has 0 fully saturated rings. The van der Waals surface area contributed by atoms with E-state index in [1.165, 1.54) is 80.8 Å². The number of nitro benzene ring substituents is 1. The van der Waals surface area contributed by atoms with Gasteiger partial charge in [-0.25, -0.2) is 22.2 Å². The van der Waals surface area contributed by atoms with Gasteiger partial charge in [0.05, 0.1) is 27.8 Å². The molecule has 1 amide bonds. The first-order valence-corrected chi connectivity index (χ1v) is 15.1. The number of furan rings is 1. The maximum absolute atomic E-state index is 14.4. The van der Waals surface area contributed by atoms with Crippen LogP contribution in [-0.4, -0.2) is 44.6 Å². The summed E-state index contributed by atoms with van der Waals surface area (Å²) in [6, 6.07) is 16.3. The standard InChI is InChI=1S/C31H22F2N4O7S/c1-34-30(38)26-25-23(43-29(26)16-7-10-18(32)11-8-16)14-12-19(28(25)36(2)45(3,41)42)17-9-13-22(37(39)40)20(15-17)31-35-27-21(33)5-4-6-24(27)44-31/h4-15H,1-3H3,(H,34,38). The molecule has 0 saturated carbocycles. The van der Waals surface area contributed by atoms with Gasteiger partial charge in [0.25, 0.3) is 11.6 Å². The lowest BCUT2D eigenvalue weighted by Gasteiger charge is -2.22. The van der Waals surface area contributed by atoms with Crippen LogP contribution in [0.5, 0.6) is 0 Å². The van der Waals surface area contributed by atoms with Crippen molar-refractivity contribution in [1.82, 2.24) is 10.3 Å². The SMILES string of the molecule is CNC(=O)c1c(-c2ccc(F)cc2)oc2ccc(-c3ccc([N+](=O)[O-])c(-c4nc5c(F)cccc5o4)c3)c(N(C)S(C)(=O)=O)c12. The third-order valence-electron chi connectivity index (χ3n) is 7.31. The van der Waals surface area contributed by atoms with Gasteiger partial charge in [-0.2, -0.15) is 0 Å². The van der Waals surface area contributed by atoms with Gasteiger partial charge in [0.1, 0.15) is 28.2 Å². The summed E-state index contributed by atoms with van der Waals surface area (Å²) in [5, 5.41) is 14.7. The van der Waals surface area contributed by atoms with E-state index in [1.54, 1.807) is 6.07 Å². The smallest absolute Gasteiger partial charge is 0.282 e. The summed E-state index contributed by atoms with van der Waals surface area (Å²) in [5.74, 6) is -1.95. The molecule has 0 aliphatic rings.